The molecule has 0 amide bonds. The first kappa shape index (κ1) is 50.3. The molecule has 12 heteroatoms. The van der Waals surface area contributed by atoms with E-state index < -0.39 is 54.7 Å². The van der Waals surface area contributed by atoms with Crippen LogP contribution in [0.5, 0.6) is 5.75 Å². The van der Waals surface area contributed by atoms with Gasteiger partial charge in [-0.2, -0.15) is 0 Å². The number of benzene rings is 4. The fraction of sp³-hybridized carbons (Fsp3) is 0.475. The largest absolute Gasteiger partial charge is 0.483 e. The molecule has 2 fully saturated rings. The summed E-state index contributed by atoms with van der Waals surface area (Å²) in [5, 5.41) is 41.4. The molecule has 0 spiro atoms. The number of hydrogen-bond donors (Lipinski definition) is 4. The van der Waals surface area contributed by atoms with E-state index in [2.05, 4.69) is 72.8 Å². The second-order valence-electron chi connectivity index (χ2n) is 20.5. The lowest BCUT2D eigenvalue weighted by molar-refractivity contribution is -0.201. The molecule has 2 aliphatic carbocycles. The summed E-state index contributed by atoms with van der Waals surface area (Å²) in [6, 6.07) is 31.2. The SMILES string of the molecule is C/C(CO)=C1\CCc2ccc(cc2)[C@@H]2CC[C@H](c3cccc(Cc4ccccc4)c3)C[C@@H]2CC(=O)O[C@@H]2c3c(ccc4c(CO)c([C@H](CCO)COCO)c(=O)oc34)O[C@@](C)(C3CCCCC3)[C@H]2OC1=O. The van der Waals surface area contributed by atoms with Crippen molar-refractivity contribution in [3.63, 3.8) is 0 Å². The Hall–Kier alpha value is -5.63. The summed E-state index contributed by atoms with van der Waals surface area (Å²) in [6.45, 7) is 1.64. The number of aryl methyl sites for hydroxylation is 1. The third-order valence-electron chi connectivity index (χ3n) is 16.2. The summed E-state index contributed by atoms with van der Waals surface area (Å²) in [5.41, 5.74) is 5.17. The highest BCUT2D eigenvalue weighted by Crippen LogP contribution is 2.53. The highest BCUT2D eigenvalue weighted by molar-refractivity contribution is 5.90. The average Bonchev–Trinajstić information content (AvgIpc) is 3.38. The van der Waals surface area contributed by atoms with Crippen LogP contribution in [0.4, 0.5) is 0 Å². The van der Waals surface area contributed by atoms with Gasteiger partial charge in [0.15, 0.2) is 12.2 Å². The molecular weight excluding hydrogens is 901 g/mol. The van der Waals surface area contributed by atoms with Gasteiger partial charge in [0.1, 0.15) is 23.7 Å². The smallest absolute Gasteiger partial charge is 0.340 e. The lowest BCUT2D eigenvalue weighted by Gasteiger charge is -2.50. The zero-order valence-corrected chi connectivity index (χ0v) is 41.0. The molecule has 2 bridgehead atoms. The minimum absolute atomic E-state index is 0.0120. The molecule has 5 aliphatic rings. The second-order valence-corrected chi connectivity index (χ2v) is 20.5. The zero-order chi connectivity index (χ0) is 49.6. The number of rotatable bonds is 12. The van der Waals surface area contributed by atoms with Gasteiger partial charge < -0.3 is 43.8 Å². The van der Waals surface area contributed by atoms with Crippen molar-refractivity contribution in [1.82, 2.24) is 0 Å². The Labute approximate surface area is 415 Å². The van der Waals surface area contributed by atoms with Gasteiger partial charge in [-0.15, -0.1) is 0 Å². The Balaban J connectivity index is 1.18. The van der Waals surface area contributed by atoms with Crippen LogP contribution in [-0.2, 0) is 43.2 Å². The third-order valence-corrected chi connectivity index (χ3v) is 16.2. The summed E-state index contributed by atoms with van der Waals surface area (Å²) >= 11 is 0. The van der Waals surface area contributed by atoms with Crippen molar-refractivity contribution < 1.29 is 53.4 Å². The minimum Gasteiger partial charge on any atom is -0.483 e. The highest BCUT2D eigenvalue weighted by Gasteiger charge is 2.57. The number of ether oxygens (including phenoxy) is 4. The van der Waals surface area contributed by atoms with E-state index in [0.717, 1.165) is 68.9 Å². The molecular formula is C59H68O12. The van der Waals surface area contributed by atoms with Gasteiger partial charge in [-0.3, -0.25) is 4.79 Å². The topological polar surface area (TPSA) is 182 Å². The summed E-state index contributed by atoms with van der Waals surface area (Å²) in [4.78, 5) is 44.5. The molecule has 5 aromatic rings. The van der Waals surface area contributed by atoms with E-state index in [1.165, 1.54) is 16.7 Å². The van der Waals surface area contributed by atoms with E-state index in [9.17, 15) is 30.0 Å². The molecule has 0 unspecified atom stereocenters. The van der Waals surface area contributed by atoms with Crippen molar-refractivity contribution in [2.24, 2.45) is 11.8 Å². The van der Waals surface area contributed by atoms with Crippen molar-refractivity contribution in [1.29, 1.82) is 0 Å². The molecule has 71 heavy (non-hydrogen) atoms. The zero-order valence-electron chi connectivity index (χ0n) is 41.0. The monoisotopic (exact) mass is 968 g/mol. The maximum absolute atomic E-state index is 15.2. The van der Waals surface area contributed by atoms with Crippen molar-refractivity contribution in [2.45, 2.75) is 139 Å². The quantitative estimate of drug-likeness (QED) is 0.0403. The van der Waals surface area contributed by atoms with E-state index in [1.807, 2.05) is 13.0 Å². The van der Waals surface area contributed by atoms with Gasteiger partial charge in [-0.05, 0) is 140 Å². The number of carbonyl (C=O) groups is 2. The van der Waals surface area contributed by atoms with Crippen LogP contribution >= 0.6 is 0 Å². The fourth-order valence-corrected chi connectivity index (χ4v) is 12.4. The minimum atomic E-state index is -1.33. The summed E-state index contributed by atoms with van der Waals surface area (Å²) < 4.78 is 32.3. The van der Waals surface area contributed by atoms with E-state index in [1.54, 1.807) is 19.1 Å². The van der Waals surface area contributed by atoms with E-state index in [-0.39, 0.29) is 85.0 Å². The number of carbonyl (C=O) groups excluding carboxylic acids is 2. The van der Waals surface area contributed by atoms with Gasteiger partial charge in [0.05, 0.1) is 25.4 Å². The van der Waals surface area contributed by atoms with Gasteiger partial charge in [0.2, 0.25) is 0 Å². The van der Waals surface area contributed by atoms with Crippen molar-refractivity contribution in [2.75, 3.05) is 26.6 Å². The molecule has 376 valence electrons. The van der Waals surface area contributed by atoms with Gasteiger partial charge in [0, 0.05) is 41.4 Å². The van der Waals surface area contributed by atoms with Crippen LogP contribution in [0.1, 0.15) is 153 Å². The summed E-state index contributed by atoms with van der Waals surface area (Å²) in [6.07, 6.45) is 6.18. The molecule has 7 atom stereocenters. The van der Waals surface area contributed by atoms with E-state index >= 15 is 4.79 Å². The van der Waals surface area contributed by atoms with Crippen LogP contribution in [0.3, 0.4) is 0 Å². The molecule has 0 radical (unpaired) electrons. The Morgan fingerprint density at radius 3 is 2.32 bits per heavy atom. The van der Waals surface area contributed by atoms with Crippen LogP contribution in [0.15, 0.2) is 111 Å². The van der Waals surface area contributed by atoms with Gasteiger partial charge in [0.25, 0.3) is 0 Å². The van der Waals surface area contributed by atoms with Crippen LogP contribution in [0.25, 0.3) is 11.0 Å². The van der Waals surface area contributed by atoms with E-state index in [0.29, 0.717) is 28.7 Å². The predicted molar refractivity (Wildman–Crippen MR) is 268 cm³/mol. The third kappa shape index (κ3) is 10.6. The van der Waals surface area contributed by atoms with Crippen LogP contribution in [0.2, 0.25) is 0 Å². The van der Waals surface area contributed by atoms with Crippen molar-refractivity contribution >= 4 is 22.9 Å². The molecule has 4 N–H and O–H groups in total. The number of aliphatic hydroxyl groups excluding tert-OH is 4. The Kier molecular flexibility index (Phi) is 15.9. The first-order chi connectivity index (χ1) is 34.5. The Morgan fingerprint density at radius 1 is 0.817 bits per heavy atom. The molecule has 3 aliphatic heterocycles. The summed E-state index contributed by atoms with van der Waals surface area (Å²) in [5.74, 6) is -1.61. The molecule has 10 rings (SSSR count). The number of fused-ring (bicyclic) bond motifs is 11. The number of aliphatic hydroxyl groups is 4. The second kappa shape index (κ2) is 22.4. The molecule has 4 aromatic carbocycles. The molecule has 4 heterocycles. The average molecular weight is 969 g/mol. The van der Waals surface area contributed by atoms with Gasteiger partial charge in [-0.25, -0.2) is 9.59 Å². The maximum Gasteiger partial charge on any atom is 0.340 e. The van der Waals surface area contributed by atoms with Crippen molar-refractivity contribution in [3.05, 3.63) is 157 Å². The standard InChI is InChI=1S/C59H68O12/c1-36(32-61)46-22-18-37-16-19-40(20-17-37)47-23-21-42(41-13-9-12-39(29-41)28-38-10-5-3-6-11-38)30-44(47)31-51(64)68-55-53-50(71-59(2,56(55)70-57(46)65)45-14-7-4-8-15-45)25-24-48-49(33-62)52(58(66)69-54(48)53)43(26-27-60)34-67-35-63/h3,5-6,9-13,16-17,19-20,24-25,29,42-45,47,55-56,60-63H,4,7-8,14-15,18,21-23,26-28,30-35H2,1-2H3/b46-36-/t42-,43+,44+,47-,55+,56-,59-/m0/s1. The highest BCUT2D eigenvalue weighted by atomic mass is 16.6. The Morgan fingerprint density at radius 2 is 1.59 bits per heavy atom. The molecule has 2 saturated carbocycles. The Bertz CT molecular complexity index is 2760. The lowest BCUT2D eigenvalue weighted by Crippen LogP contribution is -2.58. The summed E-state index contributed by atoms with van der Waals surface area (Å²) in [7, 11) is 0. The predicted octanol–water partition coefficient (Wildman–Crippen LogP) is 9.55. The van der Waals surface area contributed by atoms with Gasteiger partial charge in [-0.1, -0.05) is 98.1 Å². The van der Waals surface area contributed by atoms with Crippen LogP contribution in [-0.4, -0.2) is 70.7 Å². The van der Waals surface area contributed by atoms with E-state index in [4.69, 9.17) is 23.4 Å². The first-order valence-corrected chi connectivity index (χ1v) is 25.7. The molecule has 1 aromatic heterocycles. The fourth-order valence-electron chi connectivity index (χ4n) is 12.4. The van der Waals surface area contributed by atoms with Gasteiger partial charge >= 0.3 is 17.6 Å². The first-order valence-electron chi connectivity index (χ1n) is 25.7. The van der Waals surface area contributed by atoms with Crippen LogP contribution < -0.4 is 10.4 Å². The molecule has 0 saturated heterocycles. The molecule has 12 nitrogen and oxygen atoms in total. The maximum atomic E-state index is 15.2. The number of hydrogen-bond acceptors (Lipinski definition) is 12. The number of esters is 2. The normalized spacial score (nSPS) is 25.3. The van der Waals surface area contributed by atoms with Crippen LogP contribution in [0, 0.1) is 11.8 Å². The van der Waals surface area contributed by atoms with Crippen molar-refractivity contribution in [3.8, 4) is 5.75 Å². The lowest BCUT2D eigenvalue weighted by atomic mass is 9.68.